The van der Waals surface area contributed by atoms with Gasteiger partial charge in [-0.2, -0.15) is 0 Å². The fraction of sp³-hybridized carbons (Fsp3) is 0.692. The van der Waals surface area contributed by atoms with Crippen LogP contribution in [0.2, 0.25) is 0 Å². The second kappa shape index (κ2) is 4.47. The first-order chi connectivity index (χ1) is 7.48. The number of hydrogen-bond acceptors (Lipinski definition) is 3. The molecule has 2 unspecified atom stereocenters. The molecule has 16 heavy (non-hydrogen) atoms. The molecule has 2 rings (SSSR count). The van der Waals surface area contributed by atoms with Crippen molar-refractivity contribution in [3.05, 3.63) is 21.9 Å². The van der Waals surface area contributed by atoms with Gasteiger partial charge in [0.25, 0.3) is 0 Å². The number of rotatable bonds is 2. The molecule has 0 radical (unpaired) electrons. The minimum Gasteiger partial charge on any atom is -0.385 e. The lowest BCUT2D eigenvalue weighted by molar-refractivity contribution is -0.000773. The van der Waals surface area contributed by atoms with E-state index in [0.29, 0.717) is 0 Å². The Bertz CT molecular complexity index is 345. The molecule has 1 N–H and O–H groups in total. The predicted octanol–water partition coefficient (Wildman–Crippen LogP) is 3.26. The van der Waals surface area contributed by atoms with Crippen LogP contribution in [0.3, 0.4) is 0 Å². The molecule has 1 aliphatic heterocycles. The highest BCUT2D eigenvalue weighted by atomic mass is 32.1. The van der Waals surface area contributed by atoms with Crippen molar-refractivity contribution in [3.8, 4) is 0 Å². The summed E-state index contributed by atoms with van der Waals surface area (Å²) >= 11 is 1.70. The van der Waals surface area contributed by atoms with Crippen LogP contribution in [0.15, 0.2) is 12.1 Å². The molecular weight excluding hydrogens is 220 g/mol. The van der Waals surface area contributed by atoms with Crippen molar-refractivity contribution in [2.45, 2.75) is 51.2 Å². The maximum absolute atomic E-state index is 10.2. The lowest BCUT2D eigenvalue weighted by atomic mass is 9.95. The number of aliphatic hydroxyl groups is 1. The molecular formula is C13H20O2S. The lowest BCUT2D eigenvalue weighted by Gasteiger charge is -2.17. The minimum absolute atomic E-state index is 0.00599. The monoisotopic (exact) mass is 240 g/mol. The third kappa shape index (κ3) is 2.47. The van der Waals surface area contributed by atoms with Crippen LogP contribution in [0.5, 0.6) is 0 Å². The van der Waals surface area contributed by atoms with Gasteiger partial charge in [0.1, 0.15) is 6.10 Å². The highest BCUT2D eigenvalue weighted by Gasteiger charge is 2.27. The zero-order valence-electron chi connectivity index (χ0n) is 10.2. The molecule has 0 amide bonds. The summed E-state index contributed by atoms with van der Waals surface area (Å²) in [5, 5.41) is 10.2. The van der Waals surface area contributed by atoms with E-state index >= 15 is 0 Å². The summed E-state index contributed by atoms with van der Waals surface area (Å²) in [5.74, 6) is 0. The van der Waals surface area contributed by atoms with Gasteiger partial charge in [0, 0.05) is 16.4 Å². The molecule has 0 spiro atoms. The van der Waals surface area contributed by atoms with E-state index < -0.39 is 6.10 Å². The fourth-order valence-electron chi connectivity index (χ4n) is 1.95. The summed E-state index contributed by atoms with van der Waals surface area (Å²) in [7, 11) is 0. The second-order valence-corrected chi connectivity index (χ2v) is 6.56. The molecule has 0 aliphatic carbocycles. The lowest BCUT2D eigenvalue weighted by Crippen LogP contribution is -2.16. The number of aliphatic hydroxyl groups excluding tert-OH is 1. The van der Waals surface area contributed by atoms with Gasteiger partial charge in [0.05, 0.1) is 6.10 Å². The summed E-state index contributed by atoms with van der Waals surface area (Å²) < 4.78 is 5.52. The van der Waals surface area contributed by atoms with E-state index in [2.05, 4.69) is 26.8 Å². The Morgan fingerprint density at radius 1 is 1.44 bits per heavy atom. The molecule has 1 saturated heterocycles. The van der Waals surface area contributed by atoms with Crippen molar-refractivity contribution in [1.82, 2.24) is 0 Å². The van der Waals surface area contributed by atoms with Crippen molar-refractivity contribution in [2.24, 2.45) is 0 Å². The molecule has 2 heterocycles. The second-order valence-electron chi connectivity index (χ2n) is 5.45. The molecule has 0 saturated carbocycles. The van der Waals surface area contributed by atoms with Crippen LogP contribution in [0, 0.1) is 0 Å². The Hall–Kier alpha value is -0.380. The van der Waals surface area contributed by atoms with Crippen LogP contribution in [0.25, 0.3) is 0 Å². The van der Waals surface area contributed by atoms with E-state index in [1.54, 1.807) is 11.3 Å². The maximum atomic E-state index is 10.2. The number of thiophene rings is 1. The smallest absolute Gasteiger partial charge is 0.114 e. The fourth-order valence-corrected chi connectivity index (χ4v) is 3.05. The normalized spacial score (nSPS) is 23.6. The first-order valence-corrected chi connectivity index (χ1v) is 6.70. The average Bonchev–Trinajstić information content (AvgIpc) is 2.87. The summed E-state index contributed by atoms with van der Waals surface area (Å²) in [5.41, 5.74) is 0.166. The van der Waals surface area contributed by atoms with Crippen LogP contribution in [0.1, 0.15) is 49.5 Å². The molecule has 2 atom stereocenters. The highest BCUT2D eigenvalue weighted by Crippen LogP contribution is 2.35. The molecule has 0 aromatic carbocycles. The summed E-state index contributed by atoms with van der Waals surface area (Å²) in [6.07, 6.45) is 1.61. The molecule has 0 bridgehead atoms. The van der Waals surface area contributed by atoms with Crippen LogP contribution in [0.4, 0.5) is 0 Å². The Balaban J connectivity index is 2.12. The summed E-state index contributed by atoms with van der Waals surface area (Å²) in [6.45, 7) is 7.38. The third-order valence-corrected chi connectivity index (χ3v) is 4.56. The van der Waals surface area contributed by atoms with Gasteiger partial charge in [-0.05, 0) is 30.4 Å². The van der Waals surface area contributed by atoms with Gasteiger partial charge in [-0.15, -0.1) is 11.3 Å². The summed E-state index contributed by atoms with van der Waals surface area (Å²) in [4.78, 5) is 2.36. The zero-order valence-corrected chi connectivity index (χ0v) is 11.0. The van der Waals surface area contributed by atoms with E-state index in [1.807, 2.05) is 6.07 Å². The highest BCUT2D eigenvalue weighted by molar-refractivity contribution is 7.12. The topological polar surface area (TPSA) is 29.5 Å². The van der Waals surface area contributed by atoms with E-state index in [4.69, 9.17) is 4.74 Å². The first kappa shape index (κ1) is 12.1. The Morgan fingerprint density at radius 3 is 2.69 bits per heavy atom. The van der Waals surface area contributed by atoms with Crippen molar-refractivity contribution in [3.63, 3.8) is 0 Å². The van der Waals surface area contributed by atoms with Gasteiger partial charge in [-0.1, -0.05) is 20.8 Å². The molecule has 3 heteroatoms. The Morgan fingerprint density at radius 2 is 2.19 bits per heavy atom. The SMILES string of the molecule is CC(C)(C)c1ccc(C(O)C2CCCO2)s1. The van der Waals surface area contributed by atoms with Gasteiger partial charge in [-0.3, -0.25) is 0 Å². The molecule has 1 fully saturated rings. The van der Waals surface area contributed by atoms with E-state index in [0.717, 1.165) is 24.3 Å². The average molecular weight is 240 g/mol. The van der Waals surface area contributed by atoms with Gasteiger partial charge in [0.2, 0.25) is 0 Å². The van der Waals surface area contributed by atoms with Gasteiger partial charge in [-0.25, -0.2) is 0 Å². The van der Waals surface area contributed by atoms with Crippen molar-refractivity contribution < 1.29 is 9.84 Å². The quantitative estimate of drug-likeness (QED) is 0.859. The van der Waals surface area contributed by atoms with Crippen molar-refractivity contribution in [1.29, 1.82) is 0 Å². The van der Waals surface area contributed by atoms with Crippen molar-refractivity contribution in [2.75, 3.05) is 6.61 Å². The summed E-state index contributed by atoms with van der Waals surface area (Å²) in [6, 6.07) is 4.16. The van der Waals surface area contributed by atoms with Gasteiger partial charge < -0.3 is 9.84 Å². The van der Waals surface area contributed by atoms with Crippen molar-refractivity contribution >= 4 is 11.3 Å². The molecule has 2 nitrogen and oxygen atoms in total. The molecule has 1 aromatic heterocycles. The Labute approximate surface area is 101 Å². The minimum atomic E-state index is -0.441. The zero-order chi connectivity index (χ0) is 11.8. The van der Waals surface area contributed by atoms with E-state index in [-0.39, 0.29) is 11.5 Å². The standard InChI is InChI=1S/C13H20O2S/c1-13(2,3)11-7-6-10(16-11)12(14)9-5-4-8-15-9/h6-7,9,12,14H,4-5,8H2,1-3H3. The van der Waals surface area contributed by atoms with Gasteiger partial charge >= 0.3 is 0 Å². The van der Waals surface area contributed by atoms with Crippen LogP contribution in [-0.4, -0.2) is 17.8 Å². The molecule has 90 valence electrons. The van der Waals surface area contributed by atoms with Crippen LogP contribution in [-0.2, 0) is 10.2 Å². The molecule has 1 aliphatic rings. The van der Waals surface area contributed by atoms with Crippen LogP contribution >= 0.6 is 11.3 Å². The number of ether oxygens (including phenoxy) is 1. The molecule has 1 aromatic rings. The third-order valence-electron chi connectivity index (χ3n) is 2.97. The van der Waals surface area contributed by atoms with E-state index in [1.165, 1.54) is 4.88 Å². The van der Waals surface area contributed by atoms with E-state index in [9.17, 15) is 5.11 Å². The number of hydrogen-bond donors (Lipinski definition) is 1. The largest absolute Gasteiger partial charge is 0.385 e. The Kier molecular flexibility index (Phi) is 3.38. The van der Waals surface area contributed by atoms with Crippen LogP contribution < -0.4 is 0 Å². The van der Waals surface area contributed by atoms with Gasteiger partial charge in [0.15, 0.2) is 0 Å². The maximum Gasteiger partial charge on any atom is 0.114 e. The first-order valence-electron chi connectivity index (χ1n) is 5.88. The predicted molar refractivity (Wildman–Crippen MR) is 67.0 cm³/mol.